The lowest BCUT2D eigenvalue weighted by Crippen LogP contribution is -2.18. The molecule has 0 unspecified atom stereocenters. The van der Waals surface area contributed by atoms with E-state index in [9.17, 15) is 4.79 Å². The van der Waals surface area contributed by atoms with Gasteiger partial charge in [0.25, 0.3) is 0 Å². The summed E-state index contributed by atoms with van der Waals surface area (Å²) < 4.78 is 4.98. The zero-order valence-electron chi connectivity index (χ0n) is 7.27. The van der Waals surface area contributed by atoms with E-state index in [2.05, 4.69) is 4.98 Å². The second-order valence-electron chi connectivity index (χ2n) is 2.59. The van der Waals surface area contributed by atoms with Gasteiger partial charge in [0.05, 0.1) is 6.61 Å². The fourth-order valence-electron chi connectivity index (χ4n) is 0.896. The maximum absolute atomic E-state index is 10.3. The first-order valence-corrected chi connectivity index (χ1v) is 4.05. The molecule has 0 fully saturated rings. The molecule has 0 bridgehead atoms. The van der Waals surface area contributed by atoms with E-state index >= 15 is 0 Å². The maximum Gasteiger partial charge on any atom is 0.243 e. The largest absolute Gasteiger partial charge is 0.371 e. The third-order valence-electron chi connectivity index (χ3n) is 1.47. The van der Waals surface area contributed by atoms with Gasteiger partial charge in [-0.25, -0.2) is 0 Å². The molecule has 0 atom stereocenters. The van der Waals surface area contributed by atoms with Crippen molar-refractivity contribution in [2.45, 2.75) is 6.42 Å². The molecule has 1 aromatic rings. The van der Waals surface area contributed by atoms with Crippen LogP contribution in [-0.4, -0.2) is 24.1 Å². The standard InChI is InChI=1S/C9H12N2O2/c10-9(12)7-13-6-4-8-3-1-2-5-11-8/h1-3,5H,4,6-7H2,(H2,10,12). The average Bonchev–Trinajstić information content (AvgIpc) is 2.14. The summed E-state index contributed by atoms with van der Waals surface area (Å²) in [6.45, 7) is 0.451. The molecule has 4 heteroatoms. The van der Waals surface area contributed by atoms with Crippen molar-refractivity contribution in [3.63, 3.8) is 0 Å². The van der Waals surface area contributed by atoms with Crippen LogP contribution in [-0.2, 0) is 16.0 Å². The van der Waals surface area contributed by atoms with Gasteiger partial charge in [-0.3, -0.25) is 9.78 Å². The van der Waals surface area contributed by atoms with E-state index in [1.165, 1.54) is 0 Å². The highest BCUT2D eigenvalue weighted by molar-refractivity contribution is 5.74. The molecule has 1 amide bonds. The topological polar surface area (TPSA) is 65.2 Å². The summed E-state index contributed by atoms with van der Waals surface area (Å²) in [7, 11) is 0. The Morgan fingerprint density at radius 3 is 3.00 bits per heavy atom. The smallest absolute Gasteiger partial charge is 0.243 e. The van der Waals surface area contributed by atoms with Gasteiger partial charge in [0.15, 0.2) is 0 Å². The molecule has 2 N–H and O–H groups in total. The minimum atomic E-state index is -0.443. The number of nitrogens with two attached hydrogens (primary N) is 1. The Balaban J connectivity index is 2.17. The lowest BCUT2D eigenvalue weighted by atomic mass is 10.3. The highest BCUT2D eigenvalue weighted by Gasteiger charge is 1.95. The summed E-state index contributed by atoms with van der Waals surface area (Å²) in [5.41, 5.74) is 5.84. The van der Waals surface area contributed by atoms with Crippen LogP contribution in [0.25, 0.3) is 0 Å². The zero-order valence-corrected chi connectivity index (χ0v) is 7.27. The van der Waals surface area contributed by atoms with Crippen LogP contribution in [0.3, 0.4) is 0 Å². The quantitative estimate of drug-likeness (QED) is 0.655. The Morgan fingerprint density at radius 2 is 2.38 bits per heavy atom. The number of amides is 1. The fraction of sp³-hybridized carbons (Fsp3) is 0.333. The van der Waals surface area contributed by atoms with Crippen molar-refractivity contribution in [3.8, 4) is 0 Å². The molecule has 0 saturated heterocycles. The van der Waals surface area contributed by atoms with Gasteiger partial charge in [-0.05, 0) is 12.1 Å². The van der Waals surface area contributed by atoms with Crippen LogP contribution in [0.4, 0.5) is 0 Å². The number of aromatic nitrogens is 1. The molecule has 0 aromatic carbocycles. The number of carbonyl (C=O) groups is 1. The van der Waals surface area contributed by atoms with Gasteiger partial charge >= 0.3 is 0 Å². The second-order valence-corrected chi connectivity index (χ2v) is 2.59. The van der Waals surface area contributed by atoms with Crippen LogP contribution in [0.5, 0.6) is 0 Å². The predicted octanol–water partition coefficient (Wildman–Crippen LogP) is 0.126. The molecule has 1 aromatic heterocycles. The first kappa shape index (κ1) is 9.67. The monoisotopic (exact) mass is 180 g/mol. The van der Waals surface area contributed by atoms with Crippen molar-refractivity contribution in [1.29, 1.82) is 0 Å². The first-order chi connectivity index (χ1) is 6.29. The van der Waals surface area contributed by atoms with Crippen molar-refractivity contribution in [1.82, 2.24) is 4.98 Å². The maximum atomic E-state index is 10.3. The molecule has 0 spiro atoms. The third-order valence-corrected chi connectivity index (χ3v) is 1.47. The van der Waals surface area contributed by atoms with Gasteiger partial charge in [0, 0.05) is 18.3 Å². The molecule has 0 radical (unpaired) electrons. The summed E-state index contributed by atoms with van der Waals surface area (Å²) in [5.74, 6) is -0.443. The van der Waals surface area contributed by atoms with E-state index in [1.807, 2.05) is 18.2 Å². The van der Waals surface area contributed by atoms with Gasteiger partial charge in [-0.1, -0.05) is 6.07 Å². The number of hydrogen-bond acceptors (Lipinski definition) is 3. The number of rotatable bonds is 5. The Kier molecular flexibility index (Phi) is 3.92. The van der Waals surface area contributed by atoms with Gasteiger partial charge in [-0.2, -0.15) is 0 Å². The van der Waals surface area contributed by atoms with Gasteiger partial charge < -0.3 is 10.5 Å². The summed E-state index contributed by atoms with van der Waals surface area (Å²) in [6, 6.07) is 5.68. The van der Waals surface area contributed by atoms with E-state index in [-0.39, 0.29) is 6.61 Å². The molecular weight excluding hydrogens is 168 g/mol. The van der Waals surface area contributed by atoms with Crippen LogP contribution < -0.4 is 5.73 Å². The Bertz CT molecular complexity index is 262. The fourth-order valence-corrected chi connectivity index (χ4v) is 0.896. The van der Waals surface area contributed by atoms with E-state index in [4.69, 9.17) is 10.5 Å². The molecule has 4 nitrogen and oxygen atoms in total. The molecule has 1 rings (SSSR count). The minimum absolute atomic E-state index is 0.0210. The van der Waals surface area contributed by atoms with Crippen molar-refractivity contribution < 1.29 is 9.53 Å². The van der Waals surface area contributed by atoms with Gasteiger partial charge in [0.2, 0.25) is 5.91 Å². The van der Waals surface area contributed by atoms with E-state index < -0.39 is 5.91 Å². The van der Waals surface area contributed by atoms with E-state index in [1.54, 1.807) is 6.20 Å². The molecule has 70 valence electrons. The molecule has 0 aliphatic carbocycles. The predicted molar refractivity (Wildman–Crippen MR) is 48.0 cm³/mol. The third kappa shape index (κ3) is 4.22. The van der Waals surface area contributed by atoms with Crippen molar-refractivity contribution in [2.75, 3.05) is 13.2 Å². The highest BCUT2D eigenvalue weighted by atomic mass is 16.5. The minimum Gasteiger partial charge on any atom is -0.371 e. The molecule has 0 aliphatic heterocycles. The van der Waals surface area contributed by atoms with Crippen LogP contribution in [0.1, 0.15) is 5.69 Å². The molecule has 1 heterocycles. The Morgan fingerprint density at radius 1 is 1.54 bits per heavy atom. The summed E-state index contributed by atoms with van der Waals surface area (Å²) >= 11 is 0. The number of ether oxygens (including phenoxy) is 1. The summed E-state index contributed by atoms with van der Waals surface area (Å²) in [4.78, 5) is 14.4. The van der Waals surface area contributed by atoms with Crippen molar-refractivity contribution >= 4 is 5.91 Å². The molecule has 0 saturated carbocycles. The van der Waals surface area contributed by atoms with Crippen LogP contribution in [0.2, 0.25) is 0 Å². The Labute approximate surface area is 76.7 Å². The van der Waals surface area contributed by atoms with Crippen molar-refractivity contribution in [3.05, 3.63) is 30.1 Å². The molecule has 13 heavy (non-hydrogen) atoms. The zero-order chi connectivity index (χ0) is 9.52. The van der Waals surface area contributed by atoms with E-state index in [0.717, 1.165) is 5.69 Å². The summed E-state index contributed by atoms with van der Waals surface area (Å²) in [6.07, 6.45) is 2.43. The number of primary amides is 1. The molecule has 0 aliphatic rings. The number of pyridine rings is 1. The first-order valence-electron chi connectivity index (χ1n) is 4.05. The number of nitrogens with zero attached hydrogens (tertiary/aromatic N) is 1. The van der Waals surface area contributed by atoms with Crippen molar-refractivity contribution in [2.24, 2.45) is 5.73 Å². The van der Waals surface area contributed by atoms with Crippen LogP contribution in [0.15, 0.2) is 24.4 Å². The average molecular weight is 180 g/mol. The lowest BCUT2D eigenvalue weighted by molar-refractivity contribution is -0.122. The summed E-state index contributed by atoms with van der Waals surface area (Å²) in [5, 5.41) is 0. The van der Waals surface area contributed by atoms with Crippen LogP contribution >= 0.6 is 0 Å². The Hall–Kier alpha value is -1.42. The normalized spacial score (nSPS) is 9.85. The SMILES string of the molecule is NC(=O)COCCc1ccccn1. The lowest BCUT2D eigenvalue weighted by Gasteiger charge is -2.00. The van der Waals surface area contributed by atoms with Gasteiger partial charge in [-0.15, -0.1) is 0 Å². The van der Waals surface area contributed by atoms with Gasteiger partial charge in [0.1, 0.15) is 6.61 Å². The number of carbonyl (C=O) groups excluding carboxylic acids is 1. The molecular formula is C9H12N2O2. The number of hydrogen-bond donors (Lipinski definition) is 1. The van der Waals surface area contributed by atoms with E-state index in [0.29, 0.717) is 13.0 Å². The highest BCUT2D eigenvalue weighted by Crippen LogP contribution is 1.94. The second kappa shape index (κ2) is 5.27. The van der Waals surface area contributed by atoms with Crippen LogP contribution in [0, 0.1) is 0 Å².